The van der Waals surface area contributed by atoms with E-state index in [0.29, 0.717) is 0 Å². The molecule has 0 aliphatic carbocycles. The minimum absolute atomic E-state index is 0.0442. The Morgan fingerprint density at radius 3 is 2.48 bits per heavy atom. The third-order valence-corrected chi connectivity index (χ3v) is 5.22. The highest BCUT2D eigenvalue weighted by molar-refractivity contribution is 5.84. The lowest BCUT2D eigenvalue weighted by Crippen LogP contribution is -2.57. The van der Waals surface area contributed by atoms with Crippen LogP contribution >= 0.6 is 0 Å². The van der Waals surface area contributed by atoms with Crippen molar-refractivity contribution in [1.29, 1.82) is 0 Å². The molecule has 0 radical (unpaired) electrons. The maximum absolute atomic E-state index is 14.4. The molecule has 2 fully saturated rings. The molecular weight excluding hydrogens is 385 g/mol. The minimum atomic E-state index is -4.87. The molecule has 0 spiro atoms. The zero-order valence-corrected chi connectivity index (χ0v) is 16.7. The molecule has 1 aromatic carbocycles. The number of carbonyl (C=O) groups excluding carboxylic acids is 2. The van der Waals surface area contributed by atoms with Gasteiger partial charge in [-0.25, -0.2) is 5.01 Å². The first-order valence-corrected chi connectivity index (χ1v) is 9.54. The molecule has 0 N–H and O–H groups in total. The first kappa shape index (κ1) is 21.4. The van der Waals surface area contributed by atoms with Gasteiger partial charge in [-0.1, -0.05) is 42.5 Å². The normalized spacial score (nSPS) is 25.7. The summed E-state index contributed by atoms with van der Waals surface area (Å²) in [6.07, 6.45) is -1.43. The second-order valence-electron chi connectivity index (χ2n) is 8.40. The molecule has 3 rings (SSSR count). The maximum Gasteiger partial charge on any atom is 0.408 e. The molecule has 2 unspecified atom stereocenters. The van der Waals surface area contributed by atoms with Crippen molar-refractivity contribution in [1.82, 2.24) is 10.0 Å². The molecule has 1 amide bonds. The van der Waals surface area contributed by atoms with Crippen LogP contribution in [0.1, 0.15) is 39.2 Å². The largest absolute Gasteiger partial charge is 0.459 e. The summed E-state index contributed by atoms with van der Waals surface area (Å²) in [6.45, 7) is 4.00. The summed E-state index contributed by atoms with van der Waals surface area (Å²) < 4.78 is 48.4. The zero-order valence-electron chi connectivity index (χ0n) is 16.7. The molecule has 0 bridgehead atoms. The van der Waals surface area contributed by atoms with E-state index in [4.69, 9.17) is 4.74 Å². The molecule has 158 valence electrons. The third-order valence-electron chi connectivity index (χ3n) is 5.22. The summed E-state index contributed by atoms with van der Waals surface area (Å²) in [5.41, 5.74) is -3.03. The van der Waals surface area contributed by atoms with Crippen LogP contribution in [0.3, 0.4) is 0 Å². The van der Waals surface area contributed by atoms with E-state index in [1.165, 1.54) is 25.8 Å². The van der Waals surface area contributed by atoms with Gasteiger partial charge in [0.15, 0.2) is 5.41 Å². The summed E-state index contributed by atoms with van der Waals surface area (Å²) in [5, 5.41) is 2.45. The quantitative estimate of drug-likeness (QED) is 0.709. The van der Waals surface area contributed by atoms with Crippen molar-refractivity contribution in [3.63, 3.8) is 0 Å². The van der Waals surface area contributed by atoms with Crippen molar-refractivity contribution < 1.29 is 27.5 Å². The van der Waals surface area contributed by atoms with Gasteiger partial charge in [0.25, 0.3) is 0 Å². The SMILES string of the molecule is CC(C)(C)OC(=O)C1(C(F)(F)F)CN2C(=O)CCN2C1C/C=C/c1ccccc1. The number of hydrazine groups is 1. The predicted molar refractivity (Wildman–Crippen MR) is 101 cm³/mol. The Morgan fingerprint density at radius 2 is 1.90 bits per heavy atom. The molecule has 5 nitrogen and oxygen atoms in total. The molecule has 1 aromatic rings. The average molecular weight is 410 g/mol. The number of nitrogens with zero attached hydrogens (tertiary/aromatic N) is 2. The van der Waals surface area contributed by atoms with Crippen LogP contribution in [-0.2, 0) is 14.3 Å². The lowest BCUT2D eigenvalue weighted by molar-refractivity contribution is -0.242. The number of fused-ring (bicyclic) bond motifs is 1. The van der Waals surface area contributed by atoms with Crippen LogP contribution < -0.4 is 0 Å². The van der Waals surface area contributed by atoms with Gasteiger partial charge >= 0.3 is 12.1 Å². The van der Waals surface area contributed by atoms with Crippen LogP contribution in [-0.4, -0.2) is 52.8 Å². The Balaban J connectivity index is 1.98. The van der Waals surface area contributed by atoms with Crippen LogP contribution in [0.2, 0.25) is 0 Å². The molecule has 2 saturated heterocycles. The van der Waals surface area contributed by atoms with E-state index in [2.05, 4.69) is 0 Å². The molecule has 2 heterocycles. The number of halogens is 3. The van der Waals surface area contributed by atoms with Gasteiger partial charge in [0.1, 0.15) is 5.60 Å². The van der Waals surface area contributed by atoms with E-state index in [0.717, 1.165) is 10.6 Å². The van der Waals surface area contributed by atoms with Gasteiger partial charge in [-0.3, -0.25) is 14.6 Å². The Morgan fingerprint density at radius 1 is 1.24 bits per heavy atom. The van der Waals surface area contributed by atoms with E-state index >= 15 is 0 Å². The van der Waals surface area contributed by atoms with Gasteiger partial charge in [0.2, 0.25) is 5.91 Å². The number of ether oxygens (including phenoxy) is 1. The molecular formula is C21H25F3N2O3. The summed E-state index contributed by atoms with van der Waals surface area (Å²) in [7, 11) is 0. The Kier molecular flexibility index (Phi) is 5.51. The maximum atomic E-state index is 14.4. The van der Waals surface area contributed by atoms with E-state index in [9.17, 15) is 22.8 Å². The van der Waals surface area contributed by atoms with Crippen LogP contribution in [0.5, 0.6) is 0 Å². The topological polar surface area (TPSA) is 49.9 Å². The second kappa shape index (κ2) is 7.48. The van der Waals surface area contributed by atoms with E-state index in [1.807, 2.05) is 30.3 Å². The highest BCUT2D eigenvalue weighted by atomic mass is 19.4. The van der Waals surface area contributed by atoms with Crippen molar-refractivity contribution in [2.75, 3.05) is 13.1 Å². The van der Waals surface area contributed by atoms with Crippen LogP contribution in [0.25, 0.3) is 6.08 Å². The molecule has 0 aromatic heterocycles. The van der Waals surface area contributed by atoms with Crippen molar-refractivity contribution >= 4 is 18.0 Å². The highest BCUT2D eigenvalue weighted by Gasteiger charge is 2.73. The fourth-order valence-corrected chi connectivity index (χ4v) is 3.89. The Bertz CT molecular complexity index is 802. The van der Waals surface area contributed by atoms with Crippen molar-refractivity contribution in [3.8, 4) is 0 Å². The monoisotopic (exact) mass is 410 g/mol. The number of amides is 1. The zero-order chi connectivity index (χ0) is 21.4. The summed E-state index contributed by atoms with van der Waals surface area (Å²) in [6, 6.07) is 7.93. The van der Waals surface area contributed by atoms with Gasteiger partial charge in [0.05, 0.1) is 12.6 Å². The highest BCUT2D eigenvalue weighted by Crippen LogP contribution is 2.52. The van der Waals surface area contributed by atoms with Gasteiger partial charge in [-0.15, -0.1) is 0 Å². The number of rotatable bonds is 4. The fourth-order valence-electron chi connectivity index (χ4n) is 3.89. The first-order chi connectivity index (χ1) is 13.5. The standard InChI is InChI=1S/C21H25F3N2O3/c1-19(2,3)29-18(28)20(21(22,23)24)14-26-17(27)12-13-25(26)16(20)11-7-10-15-8-5-4-6-9-15/h4-10,16H,11-14H2,1-3H3/b10-7+. The molecule has 2 aliphatic rings. The van der Waals surface area contributed by atoms with Crippen molar-refractivity contribution in [2.45, 2.75) is 51.4 Å². The Labute approximate surface area is 168 Å². The van der Waals surface area contributed by atoms with Gasteiger partial charge in [-0.05, 0) is 32.8 Å². The number of esters is 1. The van der Waals surface area contributed by atoms with Crippen LogP contribution in [0.4, 0.5) is 13.2 Å². The van der Waals surface area contributed by atoms with Gasteiger partial charge in [0, 0.05) is 13.0 Å². The van der Waals surface area contributed by atoms with Crippen LogP contribution in [0, 0.1) is 5.41 Å². The molecule has 29 heavy (non-hydrogen) atoms. The molecule has 0 saturated carbocycles. The molecule has 2 atom stereocenters. The van der Waals surface area contributed by atoms with E-state index in [1.54, 1.807) is 12.2 Å². The number of hydrogen-bond acceptors (Lipinski definition) is 4. The molecule has 2 aliphatic heterocycles. The van der Waals surface area contributed by atoms with E-state index < -0.39 is 41.7 Å². The number of carbonyl (C=O) groups is 2. The fraction of sp³-hybridized carbons (Fsp3) is 0.524. The van der Waals surface area contributed by atoms with E-state index in [-0.39, 0.29) is 19.4 Å². The first-order valence-electron chi connectivity index (χ1n) is 9.54. The lowest BCUT2D eigenvalue weighted by Gasteiger charge is -2.37. The minimum Gasteiger partial charge on any atom is -0.459 e. The number of alkyl halides is 3. The predicted octanol–water partition coefficient (Wildman–Crippen LogP) is 3.81. The third kappa shape index (κ3) is 4.03. The summed E-state index contributed by atoms with van der Waals surface area (Å²) >= 11 is 0. The smallest absolute Gasteiger partial charge is 0.408 e. The number of hydrogen-bond donors (Lipinski definition) is 0. The summed E-state index contributed by atoms with van der Waals surface area (Å²) in [4.78, 5) is 25.0. The van der Waals surface area contributed by atoms with Crippen molar-refractivity contribution in [3.05, 3.63) is 42.0 Å². The summed E-state index contributed by atoms with van der Waals surface area (Å²) in [5.74, 6) is -1.74. The molecule has 8 heteroatoms. The van der Waals surface area contributed by atoms with Crippen LogP contribution in [0.15, 0.2) is 36.4 Å². The van der Waals surface area contributed by atoms with Crippen molar-refractivity contribution in [2.24, 2.45) is 5.41 Å². The Hall–Kier alpha value is -2.35. The lowest BCUT2D eigenvalue weighted by atomic mass is 9.78. The second-order valence-corrected chi connectivity index (χ2v) is 8.40. The number of benzene rings is 1. The van der Waals surface area contributed by atoms with Gasteiger partial charge in [-0.2, -0.15) is 13.2 Å². The average Bonchev–Trinajstić information content (AvgIpc) is 3.12. The van der Waals surface area contributed by atoms with Gasteiger partial charge < -0.3 is 4.74 Å².